The molecule has 1 saturated heterocycles. The summed E-state index contributed by atoms with van der Waals surface area (Å²) in [5, 5.41) is 12.5. The zero-order valence-electron chi connectivity index (χ0n) is 11.2. The Morgan fingerprint density at radius 3 is 2.76 bits per heavy atom. The summed E-state index contributed by atoms with van der Waals surface area (Å²) in [5.41, 5.74) is -0.898. The van der Waals surface area contributed by atoms with Crippen molar-refractivity contribution in [3.05, 3.63) is 0 Å². The van der Waals surface area contributed by atoms with Crippen LogP contribution in [0.4, 0.5) is 0 Å². The molecule has 2 unspecified atom stereocenters. The minimum absolute atomic E-state index is 0.148. The molecule has 0 aromatic rings. The lowest BCUT2D eigenvalue weighted by atomic mass is 10.00. The number of aliphatic carboxylic acids is 1. The van der Waals surface area contributed by atoms with Crippen molar-refractivity contribution in [3.63, 3.8) is 0 Å². The number of nitrogens with zero attached hydrogens (tertiary/aromatic N) is 1. The summed E-state index contributed by atoms with van der Waals surface area (Å²) >= 11 is 0. The van der Waals surface area contributed by atoms with Gasteiger partial charge in [-0.15, -0.1) is 0 Å². The quantitative estimate of drug-likeness (QED) is 0.739. The lowest BCUT2D eigenvalue weighted by molar-refractivity contribution is -0.146. The van der Waals surface area contributed by atoms with Gasteiger partial charge >= 0.3 is 5.97 Å². The smallest absolute Gasteiger partial charge is 0.324 e. The molecular weight excluding hydrogens is 220 g/mol. The molecule has 0 radical (unpaired) electrons. The Morgan fingerprint density at radius 1 is 1.65 bits per heavy atom. The number of hydrogen-bond donors (Lipinski definition) is 2. The standard InChI is InChI=1S/C12H24N2O3/c1-9(2)13-12(4,11(15)16)8-14-5-6-17-10(3)7-14/h9-10,13H,5-8H2,1-4H3,(H,15,16). The van der Waals surface area contributed by atoms with Crippen molar-refractivity contribution < 1.29 is 14.6 Å². The second kappa shape index (κ2) is 5.80. The van der Waals surface area contributed by atoms with Gasteiger partial charge in [0.15, 0.2) is 0 Å². The number of ether oxygens (including phenoxy) is 1. The van der Waals surface area contributed by atoms with Gasteiger partial charge in [-0.05, 0) is 27.7 Å². The first kappa shape index (κ1) is 14.4. The van der Waals surface area contributed by atoms with E-state index in [1.807, 2.05) is 20.8 Å². The second-order valence-electron chi connectivity index (χ2n) is 5.35. The molecule has 17 heavy (non-hydrogen) atoms. The first-order chi connectivity index (χ1) is 7.83. The summed E-state index contributed by atoms with van der Waals surface area (Å²) in [6.45, 7) is 10.5. The van der Waals surface area contributed by atoms with E-state index in [9.17, 15) is 9.90 Å². The number of nitrogens with one attached hydrogen (secondary N) is 1. The zero-order chi connectivity index (χ0) is 13.1. The summed E-state index contributed by atoms with van der Waals surface area (Å²) in [6.07, 6.45) is 0.181. The van der Waals surface area contributed by atoms with Gasteiger partial charge in [0.05, 0.1) is 12.7 Å². The number of morpholine rings is 1. The highest BCUT2D eigenvalue weighted by atomic mass is 16.5. The molecule has 5 heteroatoms. The third-order valence-electron chi connectivity index (χ3n) is 2.94. The van der Waals surface area contributed by atoms with E-state index in [4.69, 9.17) is 4.74 Å². The molecule has 1 fully saturated rings. The molecule has 0 aliphatic carbocycles. The average molecular weight is 244 g/mol. The highest BCUT2D eigenvalue weighted by Crippen LogP contribution is 2.12. The Labute approximate surface area is 103 Å². The molecule has 0 aromatic heterocycles. The van der Waals surface area contributed by atoms with Gasteiger partial charge in [0.25, 0.3) is 0 Å². The van der Waals surface area contributed by atoms with Gasteiger partial charge in [0, 0.05) is 25.7 Å². The van der Waals surface area contributed by atoms with E-state index in [1.54, 1.807) is 6.92 Å². The third kappa shape index (κ3) is 4.26. The fourth-order valence-corrected chi connectivity index (χ4v) is 2.29. The highest BCUT2D eigenvalue weighted by Gasteiger charge is 2.36. The minimum atomic E-state index is -0.898. The van der Waals surface area contributed by atoms with Gasteiger partial charge in [-0.3, -0.25) is 15.0 Å². The van der Waals surface area contributed by atoms with Crippen LogP contribution in [0.25, 0.3) is 0 Å². The third-order valence-corrected chi connectivity index (χ3v) is 2.94. The number of carboxylic acid groups (broad SMARTS) is 1. The second-order valence-corrected chi connectivity index (χ2v) is 5.35. The van der Waals surface area contributed by atoms with Crippen molar-refractivity contribution in [2.75, 3.05) is 26.2 Å². The van der Waals surface area contributed by atoms with E-state index >= 15 is 0 Å². The molecule has 100 valence electrons. The van der Waals surface area contributed by atoms with E-state index in [0.29, 0.717) is 13.2 Å². The maximum Gasteiger partial charge on any atom is 0.324 e. The average Bonchev–Trinajstić information content (AvgIpc) is 2.15. The molecule has 0 aromatic carbocycles. The normalized spacial score (nSPS) is 25.8. The van der Waals surface area contributed by atoms with Crippen LogP contribution in [-0.2, 0) is 9.53 Å². The molecule has 1 aliphatic heterocycles. The molecular formula is C12H24N2O3. The van der Waals surface area contributed by atoms with Crippen LogP contribution in [0.1, 0.15) is 27.7 Å². The van der Waals surface area contributed by atoms with Crippen LogP contribution in [0.15, 0.2) is 0 Å². The Kier molecular flexibility index (Phi) is 4.91. The molecule has 2 N–H and O–H groups in total. The van der Waals surface area contributed by atoms with Gasteiger partial charge in [0.2, 0.25) is 0 Å². The van der Waals surface area contributed by atoms with Crippen LogP contribution in [0.3, 0.4) is 0 Å². The summed E-state index contributed by atoms with van der Waals surface area (Å²) < 4.78 is 5.45. The molecule has 0 amide bonds. The summed E-state index contributed by atoms with van der Waals surface area (Å²) in [7, 11) is 0. The van der Waals surface area contributed by atoms with E-state index in [1.165, 1.54) is 0 Å². The lowest BCUT2D eigenvalue weighted by Crippen LogP contribution is -2.60. The van der Waals surface area contributed by atoms with Crippen molar-refractivity contribution in [1.82, 2.24) is 10.2 Å². The van der Waals surface area contributed by atoms with E-state index < -0.39 is 11.5 Å². The number of carbonyl (C=O) groups is 1. The van der Waals surface area contributed by atoms with Crippen molar-refractivity contribution >= 4 is 5.97 Å². The van der Waals surface area contributed by atoms with Crippen LogP contribution >= 0.6 is 0 Å². The van der Waals surface area contributed by atoms with E-state index in [2.05, 4.69) is 10.2 Å². The van der Waals surface area contributed by atoms with Crippen molar-refractivity contribution in [3.8, 4) is 0 Å². The highest BCUT2D eigenvalue weighted by molar-refractivity contribution is 5.78. The summed E-state index contributed by atoms with van der Waals surface area (Å²) in [6, 6.07) is 0.148. The van der Waals surface area contributed by atoms with Crippen molar-refractivity contribution in [1.29, 1.82) is 0 Å². The molecule has 1 rings (SSSR count). The molecule has 1 heterocycles. The van der Waals surface area contributed by atoms with Crippen molar-refractivity contribution in [2.24, 2.45) is 0 Å². The lowest BCUT2D eigenvalue weighted by Gasteiger charge is -2.38. The minimum Gasteiger partial charge on any atom is -0.480 e. The maximum atomic E-state index is 11.4. The predicted octanol–water partition coefficient (Wildman–Crippen LogP) is 0.548. The van der Waals surface area contributed by atoms with Gasteiger partial charge in [-0.25, -0.2) is 0 Å². The zero-order valence-corrected chi connectivity index (χ0v) is 11.2. The molecule has 0 saturated carbocycles. The maximum absolute atomic E-state index is 11.4. The Morgan fingerprint density at radius 2 is 2.29 bits per heavy atom. The van der Waals surface area contributed by atoms with Crippen LogP contribution in [0.5, 0.6) is 0 Å². The molecule has 0 spiro atoms. The fourth-order valence-electron chi connectivity index (χ4n) is 2.29. The first-order valence-corrected chi connectivity index (χ1v) is 6.18. The van der Waals surface area contributed by atoms with Crippen LogP contribution in [0.2, 0.25) is 0 Å². The van der Waals surface area contributed by atoms with Crippen LogP contribution in [0, 0.1) is 0 Å². The van der Waals surface area contributed by atoms with Crippen molar-refractivity contribution in [2.45, 2.75) is 45.4 Å². The van der Waals surface area contributed by atoms with E-state index in [0.717, 1.165) is 13.1 Å². The van der Waals surface area contributed by atoms with Gasteiger partial charge in [-0.1, -0.05) is 0 Å². The van der Waals surface area contributed by atoms with Crippen LogP contribution in [-0.4, -0.2) is 59.9 Å². The summed E-state index contributed by atoms with van der Waals surface area (Å²) in [5.74, 6) is -0.801. The molecule has 1 aliphatic rings. The SMILES string of the molecule is CC(C)NC(C)(CN1CCOC(C)C1)C(=O)O. The molecule has 0 bridgehead atoms. The number of carboxylic acids is 1. The molecule has 2 atom stereocenters. The van der Waals surface area contributed by atoms with Crippen LogP contribution < -0.4 is 5.32 Å². The molecule has 5 nitrogen and oxygen atoms in total. The Bertz CT molecular complexity index is 270. The van der Waals surface area contributed by atoms with Gasteiger partial charge in [0.1, 0.15) is 5.54 Å². The number of hydrogen-bond acceptors (Lipinski definition) is 4. The summed E-state index contributed by atoms with van der Waals surface area (Å²) in [4.78, 5) is 13.5. The predicted molar refractivity (Wildman–Crippen MR) is 66.2 cm³/mol. The number of rotatable bonds is 5. The van der Waals surface area contributed by atoms with Gasteiger partial charge in [-0.2, -0.15) is 0 Å². The van der Waals surface area contributed by atoms with Gasteiger partial charge < -0.3 is 9.84 Å². The Hall–Kier alpha value is -0.650. The topological polar surface area (TPSA) is 61.8 Å². The van der Waals surface area contributed by atoms with E-state index in [-0.39, 0.29) is 12.1 Å². The first-order valence-electron chi connectivity index (χ1n) is 6.18. The monoisotopic (exact) mass is 244 g/mol. The fraction of sp³-hybridized carbons (Fsp3) is 0.917. The Balaban J connectivity index is 2.62. The largest absolute Gasteiger partial charge is 0.480 e.